The molecule has 0 radical (unpaired) electrons. The van der Waals surface area contributed by atoms with Crippen molar-refractivity contribution in [2.45, 2.75) is 37.7 Å². The van der Waals surface area contributed by atoms with Gasteiger partial charge < -0.3 is 5.32 Å². The van der Waals surface area contributed by atoms with Crippen LogP contribution in [-0.4, -0.2) is 58.6 Å². The summed E-state index contributed by atoms with van der Waals surface area (Å²) in [6.45, 7) is 9.07. The van der Waals surface area contributed by atoms with Crippen LogP contribution in [-0.2, 0) is 14.8 Å². The van der Waals surface area contributed by atoms with Crippen molar-refractivity contribution in [2.24, 2.45) is 5.92 Å². The number of nitrogens with zero attached hydrogens (tertiary/aromatic N) is 4. The quantitative estimate of drug-likeness (QED) is 0.644. The molecule has 10 heteroatoms. The molecule has 2 heterocycles. The van der Waals surface area contributed by atoms with Gasteiger partial charge in [-0.3, -0.25) is 9.20 Å². The predicted octanol–water partition coefficient (Wildman–Crippen LogP) is 1.62. The molecule has 0 atom stereocenters. The minimum atomic E-state index is -3.57. The predicted molar refractivity (Wildman–Crippen MR) is 102 cm³/mol. The van der Waals surface area contributed by atoms with E-state index in [4.69, 9.17) is 0 Å². The summed E-state index contributed by atoms with van der Waals surface area (Å²) in [5.74, 6) is 0.485. The second-order valence-corrected chi connectivity index (χ2v) is 9.03. The molecule has 0 saturated heterocycles. The molecular formula is C16H25N5O3S2. The van der Waals surface area contributed by atoms with Gasteiger partial charge in [-0.2, -0.15) is 4.31 Å². The Labute approximate surface area is 158 Å². The second-order valence-electron chi connectivity index (χ2n) is 6.15. The molecule has 0 bridgehead atoms. The minimum absolute atomic E-state index is 0.0904. The molecule has 0 aliphatic heterocycles. The smallest absolute Gasteiger partial charge is 0.244 e. The maximum atomic E-state index is 12.7. The van der Waals surface area contributed by atoms with E-state index in [1.54, 1.807) is 24.3 Å². The normalized spacial score (nSPS) is 12.2. The van der Waals surface area contributed by atoms with E-state index >= 15 is 0 Å². The van der Waals surface area contributed by atoms with Crippen molar-refractivity contribution in [1.29, 1.82) is 0 Å². The lowest BCUT2D eigenvalue weighted by Gasteiger charge is -2.18. The van der Waals surface area contributed by atoms with Gasteiger partial charge in [0.05, 0.1) is 10.6 Å². The summed E-state index contributed by atoms with van der Waals surface area (Å²) in [4.78, 5) is 12.1. The third-order valence-corrected chi connectivity index (χ3v) is 6.70. The first-order valence-electron chi connectivity index (χ1n) is 8.54. The fraction of sp³-hybridized carbons (Fsp3) is 0.562. The van der Waals surface area contributed by atoms with Crippen LogP contribution >= 0.6 is 11.8 Å². The third kappa shape index (κ3) is 4.74. The zero-order chi connectivity index (χ0) is 19.3. The van der Waals surface area contributed by atoms with Gasteiger partial charge in [0.1, 0.15) is 0 Å². The number of thioether (sulfide) groups is 1. The number of sulfonamides is 1. The molecule has 1 N–H and O–H groups in total. The molecule has 144 valence electrons. The van der Waals surface area contributed by atoms with Gasteiger partial charge in [-0.25, -0.2) is 8.42 Å². The zero-order valence-electron chi connectivity index (χ0n) is 15.5. The molecule has 2 aromatic rings. The standard InChI is InChI=1S/C16H25N5O3S2/c1-5-20(6-2)26(23,24)13-7-8-14-18-19-16(21(14)10-13)25-11-15(22)17-9-12(3)4/h7-8,10,12H,5-6,9,11H2,1-4H3,(H,17,22). The number of pyridine rings is 1. The SMILES string of the molecule is CCN(CC)S(=O)(=O)c1ccc2nnc(SCC(=O)NCC(C)C)n2c1. The Balaban J connectivity index is 2.21. The number of carbonyl (C=O) groups excluding carboxylic acids is 1. The fourth-order valence-electron chi connectivity index (χ4n) is 2.31. The molecule has 0 spiro atoms. The number of amides is 1. The van der Waals surface area contributed by atoms with Crippen LogP contribution in [0.4, 0.5) is 0 Å². The summed E-state index contributed by atoms with van der Waals surface area (Å²) >= 11 is 1.22. The van der Waals surface area contributed by atoms with E-state index in [9.17, 15) is 13.2 Å². The molecule has 0 fully saturated rings. The van der Waals surface area contributed by atoms with E-state index in [0.717, 1.165) is 0 Å². The highest BCUT2D eigenvalue weighted by Gasteiger charge is 2.22. The summed E-state index contributed by atoms with van der Waals surface area (Å²) in [5, 5.41) is 11.4. The van der Waals surface area contributed by atoms with Crippen LogP contribution in [0, 0.1) is 5.92 Å². The number of rotatable bonds is 9. The molecule has 2 rings (SSSR count). The van der Waals surface area contributed by atoms with Crippen molar-refractivity contribution in [3.63, 3.8) is 0 Å². The Hall–Kier alpha value is -1.65. The molecule has 0 unspecified atom stereocenters. The van der Waals surface area contributed by atoms with Crippen molar-refractivity contribution in [3.05, 3.63) is 18.3 Å². The van der Waals surface area contributed by atoms with Crippen LogP contribution < -0.4 is 5.32 Å². The number of carbonyl (C=O) groups is 1. The van der Waals surface area contributed by atoms with Crippen LogP contribution in [0.5, 0.6) is 0 Å². The Morgan fingerprint density at radius 1 is 1.27 bits per heavy atom. The molecule has 0 aliphatic rings. The van der Waals surface area contributed by atoms with Crippen molar-refractivity contribution < 1.29 is 13.2 Å². The van der Waals surface area contributed by atoms with E-state index < -0.39 is 10.0 Å². The average molecular weight is 400 g/mol. The number of hydrogen-bond acceptors (Lipinski definition) is 6. The van der Waals surface area contributed by atoms with Crippen molar-refractivity contribution in [3.8, 4) is 0 Å². The van der Waals surface area contributed by atoms with Crippen LogP contribution in [0.2, 0.25) is 0 Å². The summed E-state index contributed by atoms with van der Waals surface area (Å²) in [6.07, 6.45) is 1.51. The maximum absolute atomic E-state index is 12.7. The Bertz CT molecular complexity index is 860. The van der Waals surface area contributed by atoms with Crippen LogP contribution in [0.15, 0.2) is 28.4 Å². The third-order valence-electron chi connectivity index (χ3n) is 3.73. The first-order valence-corrected chi connectivity index (χ1v) is 11.0. The number of fused-ring (bicyclic) bond motifs is 1. The van der Waals surface area contributed by atoms with Crippen LogP contribution in [0.25, 0.3) is 5.65 Å². The monoisotopic (exact) mass is 399 g/mol. The van der Waals surface area contributed by atoms with Gasteiger partial charge in [-0.1, -0.05) is 39.5 Å². The lowest BCUT2D eigenvalue weighted by atomic mass is 10.2. The van der Waals surface area contributed by atoms with E-state index in [1.165, 1.54) is 28.3 Å². The van der Waals surface area contributed by atoms with Crippen LogP contribution in [0.3, 0.4) is 0 Å². The number of aromatic nitrogens is 3. The van der Waals surface area contributed by atoms with Gasteiger partial charge in [0.25, 0.3) is 0 Å². The van der Waals surface area contributed by atoms with E-state index in [2.05, 4.69) is 15.5 Å². The highest BCUT2D eigenvalue weighted by molar-refractivity contribution is 7.99. The van der Waals surface area contributed by atoms with Gasteiger partial charge in [-0.05, 0) is 18.1 Å². The largest absolute Gasteiger partial charge is 0.355 e. The molecule has 8 nitrogen and oxygen atoms in total. The van der Waals surface area contributed by atoms with Crippen molar-refractivity contribution >= 4 is 33.3 Å². The Kier molecular flexibility index (Phi) is 7.01. The summed E-state index contributed by atoms with van der Waals surface area (Å²) in [6, 6.07) is 3.15. The topological polar surface area (TPSA) is 96.7 Å². The fourth-order valence-corrected chi connectivity index (χ4v) is 4.52. The van der Waals surface area contributed by atoms with Gasteiger partial charge >= 0.3 is 0 Å². The number of hydrogen-bond donors (Lipinski definition) is 1. The lowest BCUT2D eigenvalue weighted by molar-refractivity contribution is -0.118. The molecule has 26 heavy (non-hydrogen) atoms. The lowest BCUT2D eigenvalue weighted by Crippen LogP contribution is -2.30. The van der Waals surface area contributed by atoms with Gasteiger partial charge in [0.2, 0.25) is 15.9 Å². The van der Waals surface area contributed by atoms with Crippen molar-refractivity contribution in [2.75, 3.05) is 25.4 Å². The molecule has 0 saturated carbocycles. The summed E-state index contributed by atoms with van der Waals surface area (Å²) in [5.41, 5.74) is 0.536. The Morgan fingerprint density at radius 2 is 1.96 bits per heavy atom. The Morgan fingerprint density at radius 3 is 2.58 bits per heavy atom. The van der Waals surface area contributed by atoms with E-state index in [0.29, 0.717) is 36.4 Å². The molecule has 0 aromatic carbocycles. The maximum Gasteiger partial charge on any atom is 0.244 e. The zero-order valence-corrected chi connectivity index (χ0v) is 17.1. The molecule has 0 aliphatic carbocycles. The average Bonchev–Trinajstić information content (AvgIpc) is 3.01. The van der Waals surface area contributed by atoms with Gasteiger partial charge in [0.15, 0.2) is 10.8 Å². The minimum Gasteiger partial charge on any atom is -0.355 e. The first-order chi connectivity index (χ1) is 12.3. The highest BCUT2D eigenvalue weighted by atomic mass is 32.2. The summed E-state index contributed by atoms with van der Waals surface area (Å²) < 4.78 is 28.4. The van der Waals surface area contributed by atoms with E-state index in [-0.39, 0.29) is 16.6 Å². The first kappa shape index (κ1) is 20.7. The molecule has 2 aromatic heterocycles. The van der Waals surface area contributed by atoms with Gasteiger partial charge in [0, 0.05) is 25.8 Å². The molecule has 1 amide bonds. The van der Waals surface area contributed by atoms with Crippen LogP contribution in [0.1, 0.15) is 27.7 Å². The summed E-state index contributed by atoms with van der Waals surface area (Å²) in [7, 11) is -3.57. The number of nitrogens with one attached hydrogen (secondary N) is 1. The second kappa shape index (κ2) is 8.83. The highest BCUT2D eigenvalue weighted by Crippen LogP contribution is 2.21. The molecular weight excluding hydrogens is 374 g/mol. The van der Waals surface area contributed by atoms with E-state index in [1.807, 2.05) is 13.8 Å². The van der Waals surface area contributed by atoms with Gasteiger partial charge in [-0.15, -0.1) is 10.2 Å². The van der Waals surface area contributed by atoms with Crippen molar-refractivity contribution in [1.82, 2.24) is 24.2 Å².